The average Bonchev–Trinajstić information content (AvgIpc) is 3.74. The van der Waals surface area contributed by atoms with Gasteiger partial charge < -0.3 is 23.8 Å². The van der Waals surface area contributed by atoms with Crippen LogP contribution in [0.25, 0.3) is 6.08 Å². The molecule has 5 atom stereocenters. The molecule has 1 spiro atoms. The molecule has 250 valence electrons. The first-order chi connectivity index (χ1) is 22.3. The molecule has 2 aromatic rings. The summed E-state index contributed by atoms with van der Waals surface area (Å²) in [7, 11) is 1.68. The summed E-state index contributed by atoms with van der Waals surface area (Å²) in [5.41, 5.74) is 0.601. The van der Waals surface area contributed by atoms with Gasteiger partial charge in [-0.2, -0.15) is 0 Å². The van der Waals surface area contributed by atoms with Gasteiger partial charge in [-0.15, -0.1) is 13.2 Å². The van der Waals surface area contributed by atoms with Gasteiger partial charge in [0.2, 0.25) is 5.91 Å². The van der Waals surface area contributed by atoms with Crippen LogP contribution in [-0.4, -0.2) is 77.9 Å². The fourth-order valence-corrected chi connectivity index (χ4v) is 8.78. The Morgan fingerprint density at radius 2 is 1.87 bits per heavy atom. The van der Waals surface area contributed by atoms with Gasteiger partial charge in [0.25, 0.3) is 0 Å². The zero-order valence-corrected chi connectivity index (χ0v) is 26.5. The third kappa shape index (κ3) is 5.34. The first-order valence-corrected chi connectivity index (χ1v) is 16.1. The van der Waals surface area contributed by atoms with Gasteiger partial charge in [-0.3, -0.25) is 19.3 Å². The predicted molar refractivity (Wildman–Crippen MR) is 163 cm³/mol. The average molecular weight is 655 g/mol. The number of ether oxygens (including phenoxy) is 4. The summed E-state index contributed by atoms with van der Waals surface area (Å²) in [5, 5.41) is 0. The standard InChI is InChI=1S/C35H37F3N2O7/c1-20(41)44-27-11-10-24-18-28-34(46-21(2)42)14-13-26(32-33(34,30(24)31(27)45-32)15-16-40(28)19-23-7-8-23)39(3)29(43)12-9-22-5-4-6-25(17-22)47-35(36,37)38/h4-6,9-12,17,23,26,28,32H,7-8,13-16,18-19H2,1-3H3/t26-,28-,32+,33+,34-/m1/s1. The highest BCUT2D eigenvalue weighted by Gasteiger charge is 2.75. The van der Waals surface area contributed by atoms with E-state index in [1.807, 2.05) is 6.07 Å². The van der Waals surface area contributed by atoms with Gasteiger partial charge in [-0.1, -0.05) is 18.2 Å². The quantitative estimate of drug-likeness (QED) is 0.218. The molecule has 3 fully saturated rings. The minimum atomic E-state index is -4.83. The van der Waals surface area contributed by atoms with Crippen molar-refractivity contribution in [3.63, 3.8) is 0 Å². The smallest absolute Gasteiger partial charge is 0.483 e. The Labute approximate surface area is 270 Å². The largest absolute Gasteiger partial charge is 0.573 e. The number of carbonyl (C=O) groups excluding carboxylic acids is 3. The van der Waals surface area contributed by atoms with E-state index in [9.17, 15) is 27.6 Å². The van der Waals surface area contributed by atoms with Crippen molar-refractivity contribution >= 4 is 23.9 Å². The number of rotatable bonds is 8. The van der Waals surface area contributed by atoms with E-state index >= 15 is 0 Å². The fraction of sp³-hybridized carbons (Fsp3) is 0.514. The Balaban J connectivity index is 1.26. The number of hydrogen-bond acceptors (Lipinski definition) is 8. The number of amides is 1. The van der Waals surface area contributed by atoms with Crippen molar-refractivity contribution in [1.29, 1.82) is 0 Å². The summed E-state index contributed by atoms with van der Waals surface area (Å²) in [6, 6.07) is 8.59. The molecule has 7 rings (SSSR count). The summed E-state index contributed by atoms with van der Waals surface area (Å²) in [4.78, 5) is 42.8. The molecule has 1 saturated heterocycles. The van der Waals surface area contributed by atoms with Gasteiger partial charge in [0.05, 0.1) is 17.5 Å². The van der Waals surface area contributed by atoms with Gasteiger partial charge in [0, 0.05) is 39.1 Å². The van der Waals surface area contributed by atoms with E-state index in [1.54, 1.807) is 24.1 Å². The number of piperidine rings is 1. The molecule has 2 bridgehead atoms. The SMILES string of the molecule is CC(=O)Oc1ccc2c3c1O[C@H]1[C@H](N(C)C(=O)C=Cc4cccc(OC(F)(F)F)c4)CC[C@@]4(OC(C)=O)[C@@H](C2)N(CC2CC2)CC[C@]314. The third-order valence-electron chi connectivity index (χ3n) is 10.6. The van der Waals surface area contributed by atoms with Crippen LogP contribution in [0, 0.1) is 5.92 Å². The molecule has 9 nitrogen and oxygen atoms in total. The van der Waals surface area contributed by atoms with Crippen molar-refractivity contribution in [3.8, 4) is 17.2 Å². The molecule has 0 aromatic heterocycles. The number of benzene rings is 2. The molecule has 2 saturated carbocycles. The molecule has 3 aliphatic carbocycles. The third-order valence-corrected chi connectivity index (χ3v) is 10.6. The number of alkyl halides is 3. The lowest BCUT2D eigenvalue weighted by atomic mass is 9.48. The second-order valence-corrected chi connectivity index (χ2v) is 13.4. The molecule has 1 amide bonds. The zero-order valence-electron chi connectivity index (χ0n) is 26.5. The van der Waals surface area contributed by atoms with Crippen molar-refractivity contribution in [2.45, 2.75) is 87.9 Å². The first-order valence-electron chi connectivity index (χ1n) is 16.1. The van der Waals surface area contributed by atoms with E-state index < -0.39 is 35.5 Å². The van der Waals surface area contributed by atoms with E-state index in [2.05, 4.69) is 9.64 Å². The van der Waals surface area contributed by atoms with Crippen molar-refractivity contribution < 1.29 is 46.5 Å². The van der Waals surface area contributed by atoms with Gasteiger partial charge in [0.1, 0.15) is 17.5 Å². The van der Waals surface area contributed by atoms with Crippen LogP contribution < -0.4 is 14.2 Å². The van der Waals surface area contributed by atoms with Crippen LogP contribution in [0.1, 0.15) is 62.6 Å². The summed E-state index contributed by atoms with van der Waals surface area (Å²) in [6.45, 7) is 4.46. The highest BCUT2D eigenvalue weighted by molar-refractivity contribution is 5.92. The van der Waals surface area contributed by atoms with Gasteiger partial charge in [-0.05, 0) is 86.4 Å². The summed E-state index contributed by atoms with van der Waals surface area (Å²) in [5.74, 6) is -0.239. The molecule has 2 heterocycles. The van der Waals surface area contributed by atoms with E-state index in [1.165, 1.54) is 57.0 Å². The monoisotopic (exact) mass is 654 g/mol. The second kappa shape index (κ2) is 11.3. The van der Waals surface area contributed by atoms with E-state index in [4.69, 9.17) is 14.2 Å². The summed E-state index contributed by atoms with van der Waals surface area (Å²) < 4.78 is 61.2. The number of hydrogen-bond donors (Lipinski definition) is 0. The number of halogens is 3. The van der Waals surface area contributed by atoms with Crippen LogP contribution in [0.5, 0.6) is 17.2 Å². The van der Waals surface area contributed by atoms with Crippen LogP contribution in [-0.2, 0) is 31.0 Å². The molecule has 0 unspecified atom stereocenters. The predicted octanol–water partition coefficient (Wildman–Crippen LogP) is 5.19. The number of likely N-dealkylation sites (tertiary alicyclic amines) is 1. The Kier molecular flexibility index (Phi) is 7.57. The van der Waals surface area contributed by atoms with Crippen LogP contribution in [0.3, 0.4) is 0 Å². The van der Waals surface area contributed by atoms with Gasteiger partial charge in [-0.25, -0.2) is 0 Å². The zero-order chi connectivity index (χ0) is 33.3. The number of carbonyl (C=O) groups is 3. The molecular formula is C35H37F3N2O7. The molecule has 2 aromatic carbocycles. The Morgan fingerprint density at radius 1 is 1.09 bits per heavy atom. The van der Waals surface area contributed by atoms with E-state index in [-0.39, 0.29) is 23.7 Å². The molecule has 0 N–H and O–H groups in total. The fourth-order valence-electron chi connectivity index (χ4n) is 8.78. The Morgan fingerprint density at radius 3 is 2.57 bits per heavy atom. The van der Waals surface area contributed by atoms with Crippen LogP contribution >= 0.6 is 0 Å². The lowest BCUT2D eigenvalue weighted by Gasteiger charge is -2.65. The summed E-state index contributed by atoms with van der Waals surface area (Å²) >= 11 is 0. The molecule has 47 heavy (non-hydrogen) atoms. The molecular weight excluding hydrogens is 617 g/mol. The highest BCUT2D eigenvalue weighted by Crippen LogP contribution is 2.67. The molecule has 12 heteroatoms. The highest BCUT2D eigenvalue weighted by atomic mass is 19.4. The lowest BCUT2D eigenvalue weighted by Crippen LogP contribution is -2.79. The topological polar surface area (TPSA) is 94.6 Å². The molecule has 0 radical (unpaired) electrons. The van der Waals surface area contributed by atoms with Crippen molar-refractivity contribution in [3.05, 3.63) is 59.2 Å². The van der Waals surface area contributed by atoms with E-state index in [0.29, 0.717) is 48.7 Å². The lowest BCUT2D eigenvalue weighted by molar-refractivity contribution is -0.274. The number of likely N-dealkylation sites (N-methyl/N-ethyl adjacent to an activating group) is 1. The Hall–Kier alpha value is -4.06. The molecule has 5 aliphatic rings. The summed E-state index contributed by atoms with van der Waals surface area (Å²) in [6.07, 6.45) is 1.95. The number of nitrogens with zero attached hydrogens (tertiary/aromatic N) is 2. The van der Waals surface area contributed by atoms with Crippen molar-refractivity contribution in [1.82, 2.24) is 9.80 Å². The van der Waals surface area contributed by atoms with Crippen molar-refractivity contribution in [2.75, 3.05) is 20.1 Å². The first kappa shape index (κ1) is 31.5. The van der Waals surface area contributed by atoms with E-state index in [0.717, 1.165) is 24.2 Å². The van der Waals surface area contributed by atoms with Crippen LogP contribution in [0.2, 0.25) is 0 Å². The van der Waals surface area contributed by atoms with Crippen molar-refractivity contribution in [2.24, 2.45) is 5.92 Å². The second-order valence-electron chi connectivity index (χ2n) is 13.4. The Bertz CT molecular complexity index is 1660. The van der Waals surface area contributed by atoms with Crippen LogP contribution in [0.15, 0.2) is 42.5 Å². The van der Waals surface area contributed by atoms with Gasteiger partial charge in [0.15, 0.2) is 11.5 Å². The minimum absolute atomic E-state index is 0.0853. The maximum Gasteiger partial charge on any atom is 0.573 e. The number of esters is 2. The molecule has 2 aliphatic heterocycles. The maximum atomic E-state index is 13.7. The van der Waals surface area contributed by atoms with Gasteiger partial charge >= 0.3 is 18.3 Å². The normalized spacial score (nSPS) is 29.1. The minimum Gasteiger partial charge on any atom is -0.483 e. The van der Waals surface area contributed by atoms with Crippen LogP contribution in [0.4, 0.5) is 13.2 Å². The maximum absolute atomic E-state index is 13.7.